The van der Waals surface area contributed by atoms with Gasteiger partial charge in [0.2, 0.25) is 9.84 Å². The highest BCUT2D eigenvalue weighted by molar-refractivity contribution is 7.92. The van der Waals surface area contributed by atoms with Crippen molar-refractivity contribution in [1.29, 1.82) is 0 Å². The van der Waals surface area contributed by atoms with Crippen LogP contribution in [0.15, 0.2) is 216 Å². The van der Waals surface area contributed by atoms with Gasteiger partial charge in [0.05, 0.1) is 26.6 Å². The van der Waals surface area contributed by atoms with Gasteiger partial charge in [-0.2, -0.15) is 0 Å². The molecule has 10 aromatic rings. The Kier molecular flexibility index (Phi) is 7.81. The van der Waals surface area contributed by atoms with Crippen LogP contribution in [0.25, 0.3) is 89.8 Å². The Bertz CT molecular complexity index is 3680. The van der Waals surface area contributed by atoms with Gasteiger partial charge in [0.25, 0.3) is 0 Å². The maximum absolute atomic E-state index is 14.9. The zero-order valence-corrected chi connectivity index (χ0v) is 35.0. The fourth-order valence-electron chi connectivity index (χ4n) is 10.5. The number of rotatable bonds is 4. The van der Waals surface area contributed by atoms with Crippen molar-refractivity contribution in [2.75, 3.05) is 0 Å². The average molecular weight is 839 g/mol. The van der Waals surface area contributed by atoms with Crippen molar-refractivity contribution in [3.63, 3.8) is 0 Å². The molecule has 0 fully saturated rings. The highest BCUT2D eigenvalue weighted by Gasteiger charge is 2.52. The topological polar surface area (TPSA) is 85.7 Å². The first kappa shape index (κ1) is 36.5. The van der Waals surface area contributed by atoms with Crippen molar-refractivity contribution in [3.05, 3.63) is 229 Å². The Morgan fingerprint density at radius 2 is 0.891 bits per heavy atom. The highest BCUT2D eigenvalue weighted by Crippen LogP contribution is 2.64. The van der Waals surface area contributed by atoms with Gasteiger partial charge < -0.3 is 0 Å². The molecule has 1 unspecified atom stereocenters. The second-order valence-corrected chi connectivity index (χ2v) is 18.4. The molecule has 0 bridgehead atoms. The van der Waals surface area contributed by atoms with E-state index in [2.05, 4.69) is 103 Å². The molecule has 2 aromatic heterocycles. The Labute approximate surface area is 370 Å². The third-order valence-corrected chi connectivity index (χ3v) is 15.1. The van der Waals surface area contributed by atoms with Gasteiger partial charge >= 0.3 is 0 Å². The largest absolute Gasteiger partial charge is 0.236 e. The zero-order chi connectivity index (χ0) is 42.6. The van der Waals surface area contributed by atoms with Crippen LogP contribution in [0.3, 0.4) is 0 Å². The summed E-state index contributed by atoms with van der Waals surface area (Å²) in [7, 11) is -3.87. The van der Waals surface area contributed by atoms with Crippen LogP contribution in [0.5, 0.6) is 0 Å². The molecule has 7 heteroatoms. The maximum Gasteiger partial charge on any atom is 0.208 e. The summed E-state index contributed by atoms with van der Waals surface area (Å²) >= 11 is 0. The molecular weight excluding hydrogens is 805 g/mol. The van der Waals surface area contributed by atoms with Crippen LogP contribution in [0.4, 0.5) is 0 Å². The Hall–Kier alpha value is -8.13. The van der Waals surface area contributed by atoms with Crippen LogP contribution >= 0.6 is 0 Å². The summed E-state index contributed by atoms with van der Waals surface area (Å²) < 4.78 is 29.7. The van der Waals surface area contributed by atoms with Crippen molar-refractivity contribution in [1.82, 2.24) is 19.9 Å². The summed E-state index contributed by atoms with van der Waals surface area (Å²) in [5.74, 6) is 1.18. The van der Waals surface area contributed by atoms with Gasteiger partial charge in [-0.15, -0.1) is 0 Å². The SMILES string of the molecule is O=S1(=O)c2ccccc2-c2ccc3c(c21)-c1ccccc1C31c2ccccc2-c2ccccc2-c2ccc(-c3nc(-c4ccccc4)cc(-c4cnc(-c5ccccc5)nc4)n3)cc21. The molecule has 300 valence electrons. The molecule has 0 amide bonds. The molecule has 1 aliphatic heterocycles. The Morgan fingerprint density at radius 1 is 0.359 bits per heavy atom. The first-order valence-corrected chi connectivity index (χ1v) is 22.8. The van der Waals surface area contributed by atoms with Crippen LogP contribution in [-0.4, -0.2) is 28.4 Å². The first-order valence-electron chi connectivity index (χ1n) is 21.3. The summed E-state index contributed by atoms with van der Waals surface area (Å²) in [6, 6.07) is 65.8. The molecule has 0 saturated carbocycles. The van der Waals surface area contributed by atoms with Crippen molar-refractivity contribution in [2.24, 2.45) is 0 Å². The lowest BCUT2D eigenvalue weighted by molar-refractivity contribution is 0.599. The van der Waals surface area contributed by atoms with E-state index in [1.54, 1.807) is 6.07 Å². The van der Waals surface area contributed by atoms with Gasteiger partial charge in [0.1, 0.15) is 0 Å². The Morgan fingerprint density at radius 3 is 1.59 bits per heavy atom. The molecule has 1 atom stereocenters. The molecule has 6 nitrogen and oxygen atoms in total. The van der Waals surface area contributed by atoms with E-state index in [1.807, 2.05) is 97.3 Å². The van der Waals surface area contributed by atoms with Gasteiger partial charge in [-0.1, -0.05) is 176 Å². The smallest absolute Gasteiger partial charge is 0.208 e. The molecule has 8 aromatic carbocycles. The minimum atomic E-state index is -3.87. The van der Waals surface area contributed by atoms with Crippen LogP contribution in [0.2, 0.25) is 0 Å². The summed E-state index contributed by atoms with van der Waals surface area (Å²) in [6.45, 7) is 0. The van der Waals surface area contributed by atoms with E-state index in [0.717, 1.165) is 94.7 Å². The standard InChI is InChI=1S/C57H34N4O2S/c62-64(63)52-26-14-11-22-43(52)44-29-30-48-53(54(44)64)45-23-10-13-25-47(45)57(48)46-24-12-9-21-41(46)39-19-7-8-20-40(39)42-28-27-37(31-49(42)57)56-60-50(35-15-3-1-4-16-35)32-51(61-56)38-33-58-55(59-34-38)36-17-5-2-6-18-36/h1-34H. The lowest BCUT2D eigenvalue weighted by Crippen LogP contribution is -2.29. The van der Waals surface area contributed by atoms with Crippen molar-refractivity contribution in [2.45, 2.75) is 15.2 Å². The number of nitrogens with zero attached hydrogens (tertiary/aromatic N) is 4. The zero-order valence-electron chi connectivity index (χ0n) is 34.1. The molecule has 0 saturated heterocycles. The van der Waals surface area contributed by atoms with E-state index in [-0.39, 0.29) is 0 Å². The van der Waals surface area contributed by atoms with Crippen LogP contribution in [0, 0.1) is 0 Å². The first-order chi connectivity index (χ1) is 31.5. The van der Waals surface area contributed by atoms with Gasteiger partial charge in [0, 0.05) is 51.3 Å². The molecule has 3 aliphatic rings. The second kappa shape index (κ2) is 13.7. The van der Waals surface area contributed by atoms with Crippen LogP contribution in [-0.2, 0) is 15.3 Å². The number of benzene rings is 8. The van der Waals surface area contributed by atoms with E-state index in [1.165, 1.54) is 0 Å². The van der Waals surface area contributed by atoms with Crippen LogP contribution in [0.1, 0.15) is 22.3 Å². The third-order valence-electron chi connectivity index (χ3n) is 13.2. The highest BCUT2D eigenvalue weighted by atomic mass is 32.2. The quantitative estimate of drug-likeness (QED) is 0.175. The van der Waals surface area contributed by atoms with Crippen molar-refractivity contribution < 1.29 is 8.42 Å². The summed E-state index contributed by atoms with van der Waals surface area (Å²) in [6.07, 6.45) is 3.65. The van der Waals surface area contributed by atoms with Gasteiger partial charge in [-0.25, -0.2) is 28.4 Å². The molecule has 13 rings (SSSR count). The summed E-state index contributed by atoms with van der Waals surface area (Å²) in [5.41, 5.74) is 15.5. The summed E-state index contributed by atoms with van der Waals surface area (Å²) in [4.78, 5) is 20.8. The van der Waals surface area contributed by atoms with Gasteiger partial charge in [-0.3, -0.25) is 0 Å². The van der Waals surface area contributed by atoms with E-state index in [0.29, 0.717) is 27.1 Å². The average Bonchev–Trinajstić information content (AvgIpc) is 3.75. The predicted molar refractivity (Wildman–Crippen MR) is 252 cm³/mol. The second-order valence-electron chi connectivity index (χ2n) is 16.5. The number of sulfone groups is 1. The van der Waals surface area contributed by atoms with Gasteiger partial charge in [0.15, 0.2) is 11.6 Å². The fraction of sp³-hybridized carbons (Fsp3) is 0.0175. The van der Waals surface area contributed by atoms with Gasteiger partial charge in [-0.05, 0) is 68.3 Å². The van der Waals surface area contributed by atoms with Crippen LogP contribution < -0.4 is 0 Å². The minimum absolute atomic E-state index is 0.347. The predicted octanol–water partition coefficient (Wildman–Crippen LogP) is 12.8. The molecule has 2 aliphatic carbocycles. The number of aromatic nitrogens is 4. The van der Waals surface area contributed by atoms with E-state index in [9.17, 15) is 8.42 Å². The molecule has 0 radical (unpaired) electrons. The molecular formula is C57H34N4O2S. The molecule has 3 heterocycles. The fourth-order valence-corrected chi connectivity index (χ4v) is 12.4. The van der Waals surface area contributed by atoms with E-state index in [4.69, 9.17) is 19.9 Å². The third kappa shape index (κ3) is 5.10. The number of hydrogen-bond acceptors (Lipinski definition) is 6. The van der Waals surface area contributed by atoms with Crippen molar-refractivity contribution in [3.8, 4) is 89.8 Å². The monoisotopic (exact) mass is 838 g/mol. The lowest BCUT2D eigenvalue weighted by atomic mass is 9.65. The molecule has 0 N–H and O–H groups in total. The number of hydrogen-bond donors (Lipinski definition) is 0. The van der Waals surface area contributed by atoms with E-state index >= 15 is 0 Å². The van der Waals surface area contributed by atoms with Crippen molar-refractivity contribution >= 4 is 9.84 Å². The maximum atomic E-state index is 14.9. The summed E-state index contributed by atoms with van der Waals surface area (Å²) in [5, 5.41) is 0. The lowest BCUT2D eigenvalue weighted by Gasteiger charge is -2.35. The molecule has 64 heavy (non-hydrogen) atoms. The Balaban J connectivity index is 1.10. The normalized spacial score (nSPS) is 15.5. The molecule has 1 spiro atoms. The van der Waals surface area contributed by atoms with E-state index < -0.39 is 15.3 Å². The minimum Gasteiger partial charge on any atom is -0.236 e. The number of fused-ring (bicyclic) bond motifs is 16.